The fourth-order valence-corrected chi connectivity index (χ4v) is 2.10. The Balaban J connectivity index is 2.06. The molecule has 0 aliphatic rings. The second-order valence-electron chi connectivity index (χ2n) is 4.27. The van der Waals surface area contributed by atoms with Crippen LogP contribution in [0.4, 0.5) is 5.69 Å². The number of benzene rings is 1. The second-order valence-corrected chi connectivity index (χ2v) is 5.13. The zero-order chi connectivity index (χ0) is 15.4. The topological polar surface area (TPSA) is 79.5 Å². The first-order valence-corrected chi connectivity index (χ1v) is 6.83. The third-order valence-corrected chi connectivity index (χ3v) is 3.29. The van der Waals surface area contributed by atoms with Gasteiger partial charge in [0.25, 0.3) is 0 Å². The van der Waals surface area contributed by atoms with Crippen LogP contribution in [0.25, 0.3) is 6.08 Å². The molecular weight excluding hydrogens is 338 g/mol. The molecule has 2 rings (SSSR count). The summed E-state index contributed by atoms with van der Waals surface area (Å²) in [6, 6.07) is 7.94. The molecule has 6 heteroatoms. The predicted molar refractivity (Wildman–Crippen MR) is 82.2 cm³/mol. The zero-order valence-electron chi connectivity index (χ0n) is 11.1. The van der Waals surface area contributed by atoms with Gasteiger partial charge in [0.1, 0.15) is 11.5 Å². The lowest BCUT2D eigenvalue weighted by Crippen LogP contribution is -2.08. The van der Waals surface area contributed by atoms with Crippen LogP contribution in [0, 0.1) is 6.92 Å². The van der Waals surface area contributed by atoms with Crippen LogP contribution in [0.15, 0.2) is 45.3 Å². The van der Waals surface area contributed by atoms with Crippen LogP contribution in [0.3, 0.4) is 0 Å². The van der Waals surface area contributed by atoms with Gasteiger partial charge < -0.3 is 14.8 Å². The van der Waals surface area contributed by atoms with Crippen LogP contribution >= 0.6 is 15.9 Å². The normalized spacial score (nSPS) is 10.8. The number of nitrogens with one attached hydrogen (secondary N) is 1. The lowest BCUT2D eigenvalue weighted by atomic mass is 10.2. The fourth-order valence-electron chi connectivity index (χ4n) is 1.62. The smallest absolute Gasteiger partial charge is 0.335 e. The van der Waals surface area contributed by atoms with Crippen molar-refractivity contribution >= 4 is 39.6 Å². The molecule has 0 saturated carbocycles. The van der Waals surface area contributed by atoms with E-state index in [4.69, 9.17) is 9.52 Å². The molecule has 21 heavy (non-hydrogen) atoms. The number of aromatic carboxylic acids is 1. The van der Waals surface area contributed by atoms with Crippen LogP contribution in [-0.4, -0.2) is 17.0 Å². The molecular formula is C15H12BrNO4. The van der Waals surface area contributed by atoms with Crippen LogP contribution in [0.5, 0.6) is 0 Å². The average Bonchev–Trinajstić information content (AvgIpc) is 2.84. The first kappa shape index (κ1) is 15.1. The Hall–Kier alpha value is -2.34. The molecule has 0 aliphatic heterocycles. The minimum Gasteiger partial charge on any atom is -0.478 e. The van der Waals surface area contributed by atoms with Crippen LogP contribution in [0.2, 0.25) is 0 Å². The Morgan fingerprint density at radius 3 is 2.62 bits per heavy atom. The Labute approximate surface area is 129 Å². The minimum atomic E-state index is -1.03. The van der Waals surface area contributed by atoms with Gasteiger partial charge in [0, 0.05) is 10.5 Å². The Morgan fingerprint density at radius 1 is 1.29 bits per heavy atom. The summed E-state index contributed by atoms with van der Waals surface area (Å²) in [5, 5.41) is 11.5. The monoisotopic (exact) mass is 349 g/mol. The Kier molecular flexibility index (Phi) is 4.59. The molecule has 0 radical (unpaired) electrons. The van der Waals surface area contributed by atoms with Crippen LogP contribution < -0.4 is 5.32 Å². The highest BCUT2D eigenvalue weighted by atomic mass is 79.9. The molecule has 0 fully saturated rings. The Bertz CT molecular complexity index is 718. The lowest BCUT2D eigenvalue weighted by Gasteiger charge is -2.05. The van der Waals surface area contributed by atoms with E-state index in [0.29, 0.717) is 15.9 Å². The van der Waals surface area contributed by atoms with Crippen molar-refractivity contribution in [1.82, 2.24) is 0 Å². The van der Waals surface area contributed by atoms with Gasteiger partial charge in [-0.05, 0) is 59.3 Å². The van der Waals surface area contributed by atoms with Gasteiger partial charge in [-0.25, -0.2) is 4.79 Å². The first-order chi connectivity index (χ1) is 9.95. The number of amides is 1. The highest BCUT2D eigenvalue weighted by Crippen LogP contribution is 2.23. The van der Waals surface area contributed by atoms with E-state index in [1.807, 2.05) is 6.92 Å². The van der Waals surface area contributed by atoms with E-state index in [2.05, 4.69) is 21.2 Å². The first-order valence-electron chi connectivity index (χ1n) is 6.04. The molecule has 5 nitrogen and oxygen atoms in total. The third kappa shape index (κ3) is 4.06. The number of carbonyl (C=O) groups excluding carboxylic acids is 1. The minimum absolute atomic E-state index is 0.140. The summed E-state index contributed by atoms with van der Waals surface area (Å²) in [4.78, 5) is 22.6. The van der Waals surface area contributed by atoms with Crippen molar-refractivity contribution in [2.24, 2.45) is 0 Å². The molecule has 1 aromatic heterocycles. The van der Waals surface area contributed by atoms with Crippen molar-refractivity contribution in [3.8, 4) is 0 Å². The fraction of sp³-hybridized carbons (Fsp3) is 0.0667. The maximum absolute atomic E-state index is 11.8. The summed E-state index contributed by atoms with van der Waals surface area (Å²) >= 11 is 3.22. The lowest BCUT2D eigenvalue weighted by molar-refractivity contribution is -0.111. The van der Waals surface area contributed by atoms with E-state index in [1.165, 1.54) is 24.3 Å². The molecule has 1 heterocycles. The molecule has 0 saturated heterocycles. The quantitative estimate of drug-likeness (QED) is 0.824. The van der Waals surface area contributed by atoms with Gasteiger partial charge in [-0.1, -0.05) is 0 Å². The number of anilines is 1. The van der Waals surface area contributed by atoms with Crippen molar-refractivity contribution in [3.63, 3.8) is 0 Å². The van der Waals surface area contributed by atoms with E-state index in [9.17, 15) is 9.59 Å². The number of rotatable bonds is 4. The molecule has 2 N–H and O–H groups in total. The number of hydrogen-bond donors (Lipinski definition) is 2. The molecule has 2 aromatic rings. The highest BCUT2D eigenvalue weighted by molar-refractivity contribution is 9.10. The Morgan fingerprint density at radius 2 is 2.05 bits per heavy atom. The van der Waals surface area contributed by atoms with E-state index in [-0.39, 0.29) is 11.5 Å². The van der Waals surface area contributed by atoms with Crippen LogP contribution in [0.1, 0.15) is 21.9 Å². The number of hydrogen-bond acceptors (Lipinski definition) is 3. The number of carboxylic acid groups (broad SMARTS) is 1. The summed E-state index contributed by atoms with van der Waals surface area (Å²) in [6.07, 6.45) is 2.90. The molecule has 0 bridgehead atoms. The van der Waals surface area contributed by atoms with Gasteiger partial charge in [-0.15, -0.1) is 0 Å². The van der Waals surface area contributed by atoms with Gasteiger partial charge in [0.05, 0.1) is 11.3 Å². The van der Waals surface area contributed by atoms with E-state index in [1.54, 1.807) is 18.2 Å². The van der Waals surface area contributed by atoms with Gasteiger partial charge in [0.2, 0.25) is 5.91 Å². The standard InChI is InChI=1S/C15H12BrNO4/c1-9-2-4-11(21-9)5-7-14(18)17-13-6-3-10(15(19)20)8-12(13)16/h2-8H,1H3,(H,17,18)(H,19,20). The SMILES string of the molecule is Cc1ccc(C=CC(=O)Nc2ccc(C(=O)O)cc2Br)o1. The zero-order valence-corrected chi connectivity index (χ0v) is 12.7. The molecule has 0 spiro atoms. The number of carbonyl (C=O) groups is 2. The number of furan rings is 1. The van der Waals surface area contributed by atoms with E-state index in [0.717, 1.165) is 5.76 Å². The van der Waals surface area contributed by atoms with Crippen molar-refractivity contribution in [3.05, 3.63) is 58.0 Å². The van der Waals surface area contributed by atoms with Gasteiger partial charge in [0.15, 0.2) is 0 Å². The summed E-state index contributed by atoms with van der Waals surface area (Å²) in [5.41, 5.74) is 0.631. The maximum Gasteiger partial charge on any atom is 0.335 e. The molecule has 0 unspecified atom stereocenters. The van der Waals surface area contributed by atoms with E-state index < -0.39 is 5.97 Å². The molecule has 0 atom stereocenters. The van der Waals surface area contributed by atoms with Crippen molar-refractivity contribution in [1.29, 1.82) is 0 Å². The largest absolute Gasteiger partial charge is 0.478 e. The van der Waals surface area contributed by atoms with Crippen molar-refractivity contribution < 1.29 is 19.1 Å². The van der Waals surface area contributed by atoms with Gasteiger partial charge in [-0.2, -0.15) is 0 Å². The van der Waals surface area contributed by atoms with Crippen molar-refractivity contribution in [2.45, 2.75) is 6.92 Å². The second kappa shape index (κ2) is 6.41. The van der Waals surface area contributed by atoms with E-state index >= 15 is 0 Å². The van der Waals surface area contributed by atoms with Crippen LogP contribution in [-0.2, 0) is 4.79 Å². The summed E-state index contributed by atoms with van der Waals surface area (Å²) in [5.74, 6) is -0.0144. The number of carboxylic acids is 1. The molecule has 1 amide bonds. The summed E-state index contributed by atoms with van der Waals surface area (Å²) in [7, 11) is 0. The maximum atomic E-state index is 11.8. The van der Waals surface area contributed by atoms with Crippen molar-refractivity contribution in [2.75, 3.05) is 5.32 Å². The molecule has 1 aromatic carbocycles. The summed E-state index contributed by atoms with van der Waals surface area (Å²) < 4.78 is 5.81. The molecule has 108 valence electrons. The summed E-state index contributed by atoms with van der Waals surface area (Å²) in [6.45, 7) is 1.82. The van der Waals surface area contributed by atoms with Gasteiger partial charge in [-0.3, -0.25) is 4.79 Å². The third-order valence-electron chi connectivity index (χ3n) is 2.63. The number of halogens is 1. The predicted octanol–water partition coefficient (Wildman–Crippen LogP) is 3.70. The molecule has 0 aliphatic carbocycles. The highest BCUT2D eigenvalue weighted by Gasteiger charge is 2.08. The average molecular weight is 350 g/mol. The number of aryl methyl sites for hydroxylation is 1. The van der Waals surface area contributed by atoms with Gasteiger partial charge >= 0.3 is 5.97 Å².